The summed E-state index contributed by atoms with van der Waals surface area (Å²) in [6, 6.07) is 1.16. The molecule has 1 aromatic heterocycles. The van der Waals surface area contributed by atoms with E-state index in [4.69, 9.17) is 11.6 Å². The van der Waals surface area contributed by atoms with E-state index in [0.29, 0.717) is 12.5 Å². The van der Waals surface area contributed by atoms with E-state index in [-0.39, 0.29) is 9.92 Å². The Bertz CT molecular complexity index is 637. The fourth-order valence-electron chi connectivity index (χ4n) is 1.95. The highest BCUT2D eigenvalue weighted by Gasteiger charge is 2.18. The monoisotopic (exact) mass is 302 g/mol. The Hall–Kier alpha value is -1.11. The van der Waals surface area contributed by atoms with Crippen molar-refractivity contribution < 1.29 is 8.42 Å². The third-order valence-corrected chi connectivity index (χ3v) is 4.77. The van der Waals surface area contributed by atoms with E-state index in [1.807, 2.05) is 0 Å². The molecule has 2 rings (SSSR count). The van der Waals surface area contributed by atoms with E-state index in [9.17, 15) is 13.2 Å². The van der Waals surface area contributed by atoms with Crippen LogP contribution in [0.25, 0.3) is 0 Å². The molecule has 0 bridgehead atoms. The number of H-pyrrole nitrogens is 1. The molecule has 1 aromatic rings. The van der Waals surface area contributed by atoms with Gasteiger partial charge in [0.25, 0.3) is 5.56 Å². The average molecular weight is 303 g/mol. The lowest BCUT2D eigenvalue weighted by Gasteiger charge is -2.18. The van der Waals surface area contributed by atoms with Crippen molar-refractivity contribution in [1.82, 2.24) is 9.71 Å². The fourth-order valence-corrected chi connectivity index (χ4v) is 3.29. The first-order valence-electron chi connectivity index (χ1n) is 6.02. The molecule has 7 heteroatoms. The molecule has 104 valence electrons. The smallest absolute Gasteiger partial charge is 0.266 e. The highest BCUT2D eigenvalue weighted by molar-refractivity contribution is 7.89. The second-order valence-corrected chi connectivity index (χ2v) is 6.69. The summed E-state index contributed by atoms with van der Waals surface area (Å²) in [5.74, 6) is 0.318. The molecule has 1 heterocycles. The lowest BCUT2D eigenvalue weighted by atomic mass is 9.95. The van der Waals surface area contributed by atoms with Gasteiger partial charge in [0.1, 0.15) is 5.02 Å². The number of rotatable bonds is 4. The van der Waals surface area contributed by atoms with Crippen molar-refractivity contribution in [1.29, 1.82) is 0 Å². The Morgan fingerprint density at radius 3 is 2.84 bits per heavy atom. The zero-order valence-electron chi connectivity index (χ0n) is 10.2. The minimum absolute atomic E-state index is 0.0246. The van der Waals surface area contributed by atoms with Crippen molar-refractivity contribution in [2.75, 3.05) is 6.54 Å². The zero-order valence-corrected chi connectivity index (χ0v) is 11.8. The lowest BCUT2D eigenvalue weighted by Crippen LogP contribution is -2.30. The fraction of sp³-hybridized carbons (Fsp3) is 0.417. The van der Waals surface area contributed by atoms with Gasteiger partial charge in [-0.15, -0.1) is 0 Å². The molecule has 2 N–H and O–H groups in total. The molecule has 1 aliphatic rings. The van der Waals surface area contributed by atoms with Gasteiger partial charge in [0, 0.05) is 12.7 Å². The van der Waals surface area contributed by atoms with Gasteiger partial charge in [-0.1, -0.05) is 23.8 Å². The average Bonchev–Trinajstić information content (AvgIpc) is 2.41. The van der Waals surface area contributed by atoms with Gasteiger partial charge in [-0.2, -0.15) is 0 Å². The molecule has 0 saturated heterocycles. The number of hydrogen-bond acceptors (Lipinski definition) is 3. The van der Waals surface area contributed by atoms with E-state index >= 15 is 0 Å². The highest BCUT2D eigenvalue weighted by atomic mass is 35.5. The highest BCUT2D eigenvalue weighted by Crippen LogP contribution is 2.18. The van der Waals surface area contributed by atoms with Crippen molar-refractivity contribution in [3.63, 3.8) is 0 Å². The molecule has 0 aliphatic heterocycles. The van der Waals surface area contributed by atoms with Gasteiger partial charge in [-0.05, 0) is 31.2 Å². The largest absolute Gasteiger partial charge is 0.326 e. The molecule has 1 unspecified atom stereocenters. The Morgan fingerprint density at radius 1 is 1.42 bits per heavy atom. The summed E-state index contributed by atoms with van der Waals surface area (Å²) in [5, 5.41) is -0.136. The number of sulfonamides is 1. The summed E-state index contributed by atoms with van der Waals surface area (Å²) in [6.45, 7) is 0.392. The second kappa shape index (κ2) is 5.90. The SMILES string of the molecule is O=c1[nH]cc(S(=O)(=O)NCC2CC=CCC2)cc1Cl. The third-order valence-electron chi connectivity index (χ3n) is 3.08. The number of aromatic amines is 1. The molecule has 0 saturated carbocycles. The second-order valence-electron chi connectivity index (χ2n) is 4.51. The number of nitrogens with one attached hydrogen (secondary N) is 2. The maximum atomic E-state index is 12.0. The summed E-state index contributed by atoms with van der Waals surface area (Å²) in [7, 11) is -3.63. The van der Waals surface area contributed by atoms with Gasteiger partial charge >= 0.3 is 0 Å². The lowest BCUT2D eigenvalue weighted by molar-refractivity contribution is 0.468. The molecule has 1 atom stereocenters. The van der Waals surface area contributed by atoms with Crippen LogP contribution in [0, 0.1) is 5.92 Å². The number of pyridine rings is 1. The van der Waals surface area contributed by atoms with Gasteiger partial charge in [0.15, 0.2) is 0 Å². The quantitative estimate of drug-likeness (QED) is 0.830. The minimum Gasteiger partial charge on any atom is -0.326 e. The molecule has 1 aliphatic carbocycles. The number of allylic oxidation sites excluding steroid dienone is 2. The van der Waals surface area contributed by atoms with Gasteiger partial charge in [0.05, 0.1) is 4.90 Å². The number of halogens is 1. The van der Waals surface area contributed by atoms with Gasteiger partial charge < -0.3 is 4.98 Å². The van der Waals surface area contributed by atoms with Crippen LogP contribution in [0.15, 0.2) is 34.1 Å². The topological polar surface area (TPSA) is 79.0 Å². The van der Waals surface area contributed by atoms with Crippen molar-refractivity contribution in [3.8, 4) is 0 Å². The minimum atomic E-state index is -3.63. The number of hydrogen-bond donors (Lipinski definition) is 2. The molecule has 0 fully saturated rings. The van der Waals surface area contributed by atoms with Crippen LogP contribution in [0.3, 0.4) is 0 Å². The van der Waals surface area contributed by atoms with Gasteiger partial charge in [0.2, 0.25) is 10.0 Å². The van der Waals surface area contributed by atoms with E-state index < -0.39 is 15.6 Å². The molecular weight excluding hydrogens is 288 g/mol. The van der Waals surface area contributed by atoms with Gasteiger partial charge in [-0.3, -0.25) is 4.79 Å². The van der Waals surface area contributed by atoms with E-state index in [2.05, 4.69) is 21.9 Å². The predicted octanol–water partition coefficient (Wildman–Crippen LogP) is 1.66. The summed E-state index contributed by atoms with van der Waals surface area (Å²) in [4.78, 5) is 13.4. The first-order valence-corrected chi connectivity index (χ1v) is 7.88. The van der Waals surface area contributed by atoms with Crippen LogP contribution in [0.4, 0.5) is 0 Å². The van der Waals surface area contributed by atoms with Crippen molar-refractivity contribution >= 4 is 21.6 Å². The van der Waals surface area contributed by atoms with Crippen molar-refractivity contribution in [3.05, 3.63) is 39.8 Å². The van der Waals surface area contributed by atoms with Crippen LogP contribution >= 0.6 is 11.6 Å². The van der Waals surface area contributed by atoms with Gasteiger partial charge in [-0.25, -0.2) is 13.1 Å². The van der Waals surface area contributed by atoms with Crippen LogP contribution < -0.4 is 10.3 Å². The Kier molecular flexibility index (Phi) is 4.44. The Balaban J connectivity index is 2.07. The molecule has 0 radical (unpaired) electrons. The standard InChI is InChI=1S/C12H15ClN2O3S/c13-11-6-10(8-14-12(11)16)19(17,18)15-7-9-4-2-1-3-5-9/h1-2,6,8-9,15H,3-5,7H2,(H,14,16). The van der Waals surface area contributed by atoms with Crippen molar-refractivity contribution in [2.24, 2.45) is 5.92 Å². The first kappa shape index (κ1) is 14.3. The van der Waals surface area contributed by atoms with Crippen LogP contribution in [0.5, 0.6) is 0 Å². The Labute approximate surface area is 116 Å². The van der Waals surface area contributed by atoms with Crippen LogP contribution in [0.1, 0.15) is 19.3 Å². The van der Waals surface area contributed by atoms with Crippen molar-refractivity contribution in [2.45, 2.75) is 24.2 Å². The maximum Gasteiger partial charge on any atom is 0.266 e. The van der Waals surface area contributed by atoms with E-state index in [1.54, 1.807) is 0 Å². The summed E-state index contributed by atoms with van der Waals surface area (Å²) in [6.07, 6.45) is 8.17. The molecule has 0 aromatic carbocycles. The third kappa shape index (κ3) is 3.68. The molecule has 0 amide bonds. The predicted molar refractivity (Wildman–Crippen MR) is 73.7 cm³/mol. The first-order chi connectivity index (χ1) is 8.99. The van der Waals surface area contributed by atoms with Crippen LogP contribution in [-0.4, -0.2) is 19.9 Å². The zero-order chi connectivity index (χ0) is 13.9. The molecule has 19 heavy (non-hydrogen) atoms. The molecular formula is C12H15ClN2O3S. The van der Waals surface area contributed by atoms with Crippen LogP contribution in [-0.2, 0) is 10.0 Å². The maximum absolute atomic E-state index is 12.0. The number of aromatic nitrogens is 1. The molecule has 5 nitrogen and oxygen atoms in total. The summed E-state index contributed by atoms with van der Waals surface area (Å²) in [5.41, 5.74) is -0.502. The Morgan fingerprint density at radius 2 is 2.21 bits per heavy atom. The van der Waals surface area contributed by atoms with Crippen LogP contribution in [0.2, 0.25) is 5.02 Å². The van der Waals surface area contributed by atoms with E-state index in [1.165, 1.54) is 0 Å². The normalized spacial score (nSPS) is 19.5. The molecule has 0 spiro atoms. The summed E-state index contributed by atoms with van der Waals surface area (Å²) < 4.78 is 26.6. The van der Waals surface area contributed by atoms with E-state index in [0.717, 1.165) is 31.5 Å². The summed E-state index contributed by atoms with van der Waals surface area (Å²) >= 11 is 5.62.